The predicted molar refractivity (Wildman–Crippen MR) is 112 cm³/mol. The second kappa shape index (κ2) is 7.69. The van der Waals surface area contributed by atoms with E-state index in [1.807, 2.05) is 84.6 Å². The second-order valence-corrected chi connectivity index (χ2v) is 7.08. The lowest BCUT2D eigenvalue weighted by Crippen LogP contribution is -2.34. The number of hydrogen-bond acceptors (Lipinski definition) is 2. The molecule has 4 nitrogen and oxygen atoms in total. The number of hydrogen-bond donors (Lipinski definition) is 1. The largest absolute Gasteiger partial charge is 0.322 e. The SMILES string of the molecule is Cc1ccccc1C(=O)Nc1ccc2c(c1)CCC(=O)N2Cc1ccccc1. The second-order valence-electron chi connectivity index (χ2n) is 7.08. The number of aryl methyl sites for hydroxylation is 2. The summed E-state index contributed by atoms with van der Waals surface area (Å²) in [5, 5.41) is 2.98. The number of anilines is 2. The summed E-state index contributed by atoms with van der Waals surface area (Å²) in [5.74, 6) is 0.0131. The van der Waals surface area contributed by atoms with Crippen molar-refractivity contribution in [2.75, 3.05) is 10.2 Å². The summed E-state index contributed by atoms with van der Waals surface area (Å²) in [6.45, 7) is 2.48. The lowest BCUT2D eigenvalue weighted by atomic mass is 9.99. The minimum Gasteiger partial charge on any atom is -0.322 e. The van der Waals surface area contributed by atoms with Crippen molar-refractivity contribution >= 4 is 23.2 Å². The Morgan fingerprint density at radius 1 is 0.964 bits per heavy atom. The normalized spacial score (nSPS) is 13.2. The maximum absolute atomic E-state index is 12.6. The first-order chi connectivity index (χ1) is 13.6. The zero-order valence-corrected chi connectivity index (χ0v) is 15.8. The smallest absolute Gasteiger partial charge is 0.255 e. The van der Waals surface area contributed by atoms with Crippen LogP contribution in [0.5, 0.6) is 0 Å². The van der Waals surface area contributed by atoms with E-state index < -0.39 is 0 Å². The van der Waals surface area contributed by atoms with Gasteiger partial charge in [-0.2, -0.15) is 0 Å². The van der Waals surface area contributed by atoms with Gasteiger partial charge in [0.25, 0.3) is 5.91 Å². The van der Waals surface area contributed by atoms with E-state index in [9.17, 15) is 9.59 Å². The molecule has 140 valence electrons. The Labute approximate surface area is 164 Å². The first-order valence-electron chi connectivity index (χ1n) is 9.46. The van der Waals surface area contributed by atoms with Crippen molar-refractivity contribution in [1.29, 1.82) is 0 Å². The van der Waals surface area contributed by atoms with Crippen LogP contribution in [0, 0.1) is 6.92 Å². The Bertz CT molecular complexity index is 1030. The van der Waals surface area contributed by atoms with Crippen LogP contribution >= 0.6 is 0 Å². The van der Waals surface area contributed by atoms with Crippen molar-refractivity contribution in [2.45, 2.75) is 26.3 Å². The van der Waals surface area contributed by atoms with Crippen LogP contribution in [-0.2, 0) is 17.8 Å². The van der Waals surface area contributed by atoms with Crippen molar-refractivity contribution in [3.63, 3.8) is 0 Å². The van der Waals surface area contributed by atoms with Gasteiger partial charge in [0.15, 0.2) is 0 Å². The number of fused-ring (bicyclic) bond motifs is 1. The Hall–Kier alpha value is -3.40. The van der Waals surface area contributed by atoms with E-state index in [0.29, 0.717) is 24.9 Å². The van der Waals surface area contributed by atoms with E-state index in [-0.39, 0.29) is 11.8 Å². The number of nitrogens with zero attached hydrogens (tertiary/aromatic N) is 1. The molecule has 0 radical (unpaired) electrons. The summed E-state index contributed by atoms with van der Waals surface area (Å²) in [7, 11) is 0. The molecule has 2 amide bonds. The van der Waals surface area contributed by atoms with Crippen molar-refractivity contribution in [2.24, 2.45) is 0 Å². The van der Waals surface area contributed by atoms with E-state index in [0.717, 1.165) is 28.1 Å². The third-order valence-corrected chi connectivity index (χ3v) is 5.11. The molecule has 0 unspecified atom stereocenters. The lowest BCUT2D eigenvalue weighted by molar-refractivity contribution is -0.119. The van der Waals surface area contributed by atoms with Crippen LogP contribution in [0.25, 0.3) is 0 Å². The fourth-order valence-corrected chi connectivity index (χ4v) is 3.60. The first-order valence-corrected chi connectivity index (χ1v) is 9.46. The van der Waals surface area contributed by atoms with Crippen LogP contribution in [0.4, 0.5) is 11.4 Å². The van der Waals surface area contributed by atoms with E-state index in [2.05, 4.69) is 5.32 Å². The molecular formula is C24H22N2O2. The third-order valence-electron chi connectivity index (χ3n) is 5.11. The summed E-state index contributed by atoms with van der Waals surface area (Å²) in [6, 6.07) is 23.3. The zero-order chi connectivity index (χ0) is 19.5. The van der Waals surface area contributed by atoms with E-state index in [1.54, 1.807) is 0 Å². The number of amides is 2. The molecule has 4 rings (SSSR count). The highest BCUT2D eigenvalue weighted by molar-refractivity contribution is 6.05. The molecule has 1 heterocycles. The summed E-state index contributed by atoms with van der Waals surface area (Å²) >= 11 is 0. The minimum atomic E-state index is -0.119. The Balaban J connectivity index is 1.57. The van der Waals surface area contributed by atoms with Gasteiger partial charge >= 0.3 is 0 Å². The van der Waals surface area contributed by atoms with Gasteiger partial charge in [-0.1, -0.05) is 48.5 Å². The van der Waals surface area contributed by atoms with Gasteiger partial charge in [0.2, 0.25) is 5.91 Å². The Kier molecular flexibility index (Phi) is 4.94. The van der Waals surface area contributed by atoms with Crippen molar-refractivity contribution in [1.82, 2.24) is 0 Å². The quantitative estimate of drug-likeness (QED) is 0.722. The van der Waals surface area contributed by atoms with Gasteiger partial charge in [-0.05, 0) is 54.3 Å². The van der Waals surface area contributed by atoms with E-state index in [4.69, 9.17) is 0 Å². The van der Waals surface area contributed by atoms with Crippen LogP contribution in [-0.4, -0.2) is 11.8 Å². The third kappa shape index (κ3) is 3.67. The lowest BCUT2D eigenvalue weighted by Gasteiger charge is -2.30. The van der Waals surface area contributed by atoms with Crippen molar-refractivity contribution in [3.8, 4) is 0 Å². The van der Waals surface area contributed by atoms with Crippen LogP contribution < -0.4 is 10.2 Å². The average molecular weight is 370 g/mol. The maximum atomic E-state index is 12.6. The molecule has 0 aromatic heterocycles. The fourth-order valence-electron chi connectivity index (χ4n) is 3.60. The molecule has 4 heteroatoms. The molecule has 3 aromatic rings. The highest BCUT2D eigenvalue weighted by Crippen LogP contribution is 2.31. The molecule has 1 aliphatic rings. The summed E-state index contributed by atoms with van der Waals surface area (Å²) in [5.41, 5.74) is 5.47. The monoisotopic (exact) mass is 370 g/mol. The van der Waals surface area contributed by atoms with Crippen molar-refractivity contribution < 1.29 is 9.59 Å². The minimum absolute atomic E-state index is 0.119. The molecule has 28 heavy (non-hydrogen) atoms. The number of nitrogens with one attached hydrogen (secondary N) is 1. The Morgan fingerprint density at radius 3 is 2.50 bits per heavy atom. The molecular weight excluding hydrogens is 348 g/mol. The molecule has 0 aliphatic carbocycles. The van der Waals surface area contributed by atoms with Gasteiger partial charge in [0.05, 0.1) is 6.54 Å². The number of carbonyl (C=O) groups excluding carboxylic acids is 2. The van der Waals surface area contributed by atoms with Gasteiger partial charge in [-0.3, -0.25) is 9.59 Å². The van der Waals surface area contributed by atoms with Gasteiger partial charge in [-0.15, -0.1) is 0 Å². The zero-order valence-electron chi connectivity index (χ0n) is 15.8. The molecule has 0 spiro atoms. The number of carbonyl (C=O) groups is 2. The molecule has 0 fully saturated rings. The van der Waals surface area contributed by atoms with E-state index >= 15 is 0 Å². The summed E-state index contributed by atoms with van der Waals surface area (Å²) < 4.78 is 0. The van der Waals surface area contributed by atoms with Crippen LogP contribution in [0.15, 0.2) is 72.8 Å². The van der Waals surface area contributed by atoms with Crippen LogP contribution in [0.3, 0.4) is 0 Å². The molecule has 1 aliphatic heterocycles. The first kappa shape index (κ1) is 18.0. The molecule has 3 aromatic carbocycles. The van der Waals surface area contributed by atoms with Crippen molar-refractivity contribution in [3.05, 3.63) is 95.1 Å². The highest BCUT2D eigenvalue weighted by atomic mass is 16.2. The maximum Gasteiger partial charge on any atom is 0.255 e. The Morgan fingerprint density at radius 2 is 1.71 bits per heavy atom. The molecule has 1 N–H and O–H groups in total. The van der Waals surface area contributed by atoms with Gasteiger partial charge in [-0.25, -0.2) is 0 Å². The molecule has 0 saturated heterocycles. The van der Waals surface area contributed by atoms with Crippen LogP contribution in [0.1, 0.15) is 33.5 Å². The average Bonchev–Trinajstić information content (AvgIpc) is 2.71. The van der Waals surface area contributed by atoms with E-state index in [1.165, 1.54) is 0 Å². The summed E-state index contributed by atoms with van der Waals surface area (Å²) in [6.07, 6.45) is 1.17. The standard InChI is InChI=1S/C24H22N2O2/c1-17-7-5-6-10-21(17)24(28)25-20-12-13-22-19(15-20)11-14-23(27)26(22)16-18-8-3-2-4-9-18/h2-10,12-13,15H,11,14,16H2,1H3,(H,25,28). The summed E-state index contributed by atoms with van der Waals surface area (Å²) in [4.78, 5) is 26.9. The van der Waals surface area contributed by atoms with Gasteiger partial charge < -0.3 is 10.2 Å². The molecule has 0 saturated carbocycles. The predicted octanol–water partition coefficient (Wildman–Crippen LogP) is 4.73. The molecule has 0 atom stereocenters. The number of rotatable bonds is 4. The highest BCUT2D eigenvalue weighted by Gasteiger charge is 2.24. The van der Waals surface area contributed by atoms with Gasteiger partial charge in [0, 0.05) is 23.4 Å². The number of benzene rings is 3. The fraction of sp³-hybridized carbons (Fsp3) is 0.167. The van der Waals surface area contributed by atoms with Gasteiger partial charge in [0.1, 0.15) is 0 Å². The molecule has 0 bridgehead atoms. The van der Waals surface area contributed by atoms with Crippen LogP contribution in [0.2, 0.25) is 0 Å². The topological polar surface area (TPSA) is 49.4 Å².